The van der Waals surface area contributed by atoms with E-state index in [9.17, 15) is 0 Å². The summed E-state index contributed by atoms with van der Waals surface area (Å²) in [5.74, 6) is 0. The van der Waals surface area contributed by atoms with Crippen molar-refractivity contribution in [3.8, 4) is 12.5 Å². The molecule has 0 saturated heterocycles. The summed E-state index contributed by atoms with van der Waals surface area (Å²) in [4.78, 5) is 0. The van der Waals surface area contributed by atoms with Crippen LogP contribution in [0.1, 0.15) is 6.92 Å². The molecule has 0 amide bonds. The SMILES string of the molecule is C#CN/C(=C\NC)C(C)NC. The molecule has 3 heteroatoms. The van der Waals surface area contributed by atoms with Crippen LogP contribution < -0.4 is 16.0 Å². The number of terminal acetylenes is 1. The summed E-state index contributed by atoms with van der Waals surface area (Å²) in [6.45, 7) is 2.02. The van der Waals surface area contributed by atoms with E-state index < -0.39 is 0 Å². The molecule has 0 aliphatic carbocycles. The summed E-state index contributed by atoms with van der Waals surface area (Å²) >= 11 is 0. The van der Waals surface area contributed by atoms with Crippen LogP contribution in [-0.2, 0) is 0 Å². The first kappa shape index (κ1) is 9.86. The molecule has 0 aromatic rings. The smallest absolute Gasteiger partial charge is 0.0553 e. The fraction of sp³-hybridized carbons (Fsp3) is 0.500. The van der Waals surface area contributed by atoms with Gasteiger partial charge in [0.15, 0.2) is 0 Å². The van der Waals surface area contributed by atoms with Crippen LogP contribution >= 0.6 is 0 Å². The van der Waals surface area contributed by atoms with Crippen molar-refractivity contribution in [3.63, 3.8) is 0 Å². The van der Waals surface area contributed by atoms with Crippen molar-refractivity contribution in [1.29, 1.82) is 0 Å². The monoisotopic (exact) mass is 153 g/mol. The Kier molecular flexibility index (Phi) is 5.05. The normalized spacial score (nSPS) is 13.5. The van der Waals surface area contributed by atoms with Crippen LogP contribution in [0.4, 0.5) is 0 Å². The van der Waals surface area contributed by atoms with E-state index in [0.29, 0.717) is 0 Å². The average molecular weight is 153 g/mol. The second kappa shape index (κ2) is 5.63. The zero-order valence-electron chi connectivity index (χ0n) is 7.23. The predicted octanol–water partition coefficient (Wildman–Crippen LogP) is -0.165. The molecule has 0 spiro atoms. The maximum atomic E-state index is 5.09. The van der Waals surface area contributed by atoms with E-state index >= 15 is 0 Å². The lowest BCUT2D eigenvalue weighted by atomic mass is 10.2. The summed E-state index contributed by atoms with van der Waals surface area (Å²) in [5, 5.41) is 8.77. The topological polar surface area (TPSA) is 36.1 Å². The summed E-state index contributed by atoms with van der Waals surface area (Å²) in [6.07, 6.45) is 6.93. The molecule has 0 radical (unpaired) electrons. The quantitative estimate of drug-likeness (QED) is 0.388. The average Bonchev–Trinajstić information content (AvgIpc) is 2.03. The van der Waals surface area contributed by atoms with Gasteiger partial charge in [-0.1, -0.05) is 6.42 Å². The minimum atomic E-state index is 0.235. The summed E-state index contributed by atoms with van der Waals surface area (Å²) in [5.41, 5.74) is 0.956. The highest BCUT2D eigenvalue weighted by Crippen LogP contribution is 1.93. The molecular formula is C8H15N3. The number of hydrogen-bond acceptors (Lipinski definition) is 3. The van der Waals surface area contributed by atoms with Gasteiger partial charge in [0.05, 0.1) is 5.70 Å². The van der Waals surface area contributed by atoms with Crippen molar-refractivity contribution in [2.75, 3.05) is 14.1 Å². The van der Waals surface area contributed by atoms with Gasteiger partial charge in [-0.2, -0.15) is 0 Å². The lowest BCUT2D eigenvalue weighted by molar-refractivity contribution is 0.658. The van der Waals surface area contributed by atoms with E-state index in [1.165, 1.54) is 0 Å². The van der Waals surface area contributed by atoms with Crippen molar-refractivity contribution in [1.82, 2.24) is 16.0 Å². The van der Waals surface area contributed by atoms with Crippen LogP contribution in [0.2, 0.25) is 0 Å². The zero-order chi connectivity index (χ0) is 8.69. The van der Waals surface area contributed by atoms with Gasteiger partial charge >= 0.3 is 0 Å². The first-order valence-corrected chi connectivity index (χ1v) is 3.52. The van der Waals surface area contributed by atoms with Crippen molar-refractivity contribution in [2.24, 2.45) is 0 Å². The van der Waals surface area contributed by atoms with Crippen molar-refractivity contribution >= 4 is 0 Å². The molecule has 0 aromatic heterocycles. The van der Waals surface area contributed by atoms with Crippen LogP contribution in [0, 0.1) is 12.5 Å². The molecule has 0 rings (SSSR count). The molecule has 0 saturated carbocycles. The first-order chi connectivity index (χ1) is 5.26. The Bertz CT molecular complexity index is 167. The lowest BCUT2D eigenvalue weighted by Crippen LogP contribution is -2.30. The lowest BCUT2D eigenvalue weighted by Gasteiger charge is -2.13. The van der Waals surface area contributed by atoms with Gasteiger partial charge in [-0.15, -0.1) is 0 Å². The molecule has 1 unspecified atom stereocenters. The van der Waals surface area contributed by atoms with Crippen LogP contribution in [0.5, 0.6) is 0 Å². The molecule has 0 fully saturated rings. The van der Waals surface area contributed by atoms with Crippen molar-refractivity contribution in [2.45, 2.75) is 13.0 Å². The Morgan fingerprint density at radius 3 is 2.55 bits per heavy atom. The summed E-state index contributed by atoms with van der Waals surface area (Å²) in [7, 11) is 3.72. The number of rotatable bonds is 4. The van der Waals surface area contributed by atoms with E-state index in [1.807, 2.05) is 27.2 Å². The zero-order valence-corrected chi connectivity index (χ0v) is 7.23. The molecule has 3 nitrogen and oxygen atoms in total. The van der Waals surface area contributed by atoms with Crippen LogP contribution in [-0.4, -0.2) is 20.1 Å². The molecule has 3 N–H and O–H groups in total. The third-order valence-electron chi connectivity index (χ3n) is 1.42. The second-order valence-corrected chi connectivity index (χ2v) is 2.17. The Labute approximate surface area is 68.3 Å². The molecule has 0 bridgehead atoms. The molecule has 11 heavy (non-hydrogen) atoms. The van der Waals surface area contributed by atoms with Crippen molar-refractivity contribution < 1.29 is 0 Å². The number of hydrogen-bond donors (Lipinski definition) is 3. The standard InChI is InChI=1S/C8H15N3/c1-5-11-8(6-9-3)7(2)10-4/h1,6-7,9-11H,2-4H3/b8-6-. The fourth-order valence-corrected chi connectivity index (χ4v) is 0.664. The maximum absolute atomic E-state index is 5.09. The maximum Gasteiger partial charge on any atom is 0.0553 e. The highest BCUT2D eigenvalue weighted by molar-refractivity contribution is 5.11. The molecule has 62 valence electrons. The minimum absolute atomic E-state index is 0.235. The molecule has 1 atom stereocenters. The molecule has 0 heterocycles. The van der Waals surface area contributed by atoms with Gasteiger partial charge in [-0.05, 0) is 14.0 Å². The van der Waals surface area contributed by atoms with Gasteiger partial charge < -0.3 is 16.0 Å². The van der Waals surface area contributed by atoms with Gasteiger partial charge in [0.1, 0.15) is 0 Å². The first-order valence-electron chi connectivity index (χ1n) is 3.52. The van der Waals surface area contributed by atoms with Gasteiger partial charge in [-0.3, -0.25) is 0 Å². The van der Waals surface area contributed by atoms with E-state index in [4.69, 9.17) is 6.42 Å². The minimum Gasteiger partial charge on any atom is -0.393 e. The Hall–Kier alpha value is -1.14. The van der Waals surface area contributed by atoms with Gasteiger partial charge in [0, 0.05) is 25.3 Å². The Morgan fingerprint density at radius 1 is 1.55 bits per heavy atom. The predicted molar refractivity (Wildman–Crippen MR) is 47.6 cm³/mol. The van der Waals surface area contributed by atoms with Gasteiger partial charge in [0.2, 0.25) is 0 Å². The van der Waals surface area contributed by atoms with Gasteiger partial charge in [-0.25, -0.2) is 0 Å². The highest BCUT2D eigenvalue weighted by atomic mass is 15.0. The van der Waals surface area contributed by atoms with Crippen molar-refractivity contribution in [3.05, 3.63) is 11.9 Å². The summed E-state index contributed by atoms with van der Waals surface area (Å²) in [6, 6.07) is 2.60. The third kappa shape index (κ3) is 3.54. The Morgan fingerprint density at radius 2 is 2.18 bits per heavy atom. The molecule has 0 aromatic carbocycles. The number of nitrogens with one attached hydrogen (secondary N) is 3. The van der Waals surface area contributed by atoms with E-state index in [-0.39, 0.29) is 6.04 Å². The van der Waals surface area contributed by atoms with E-state index in [1.54, 1.807) is 0 Å². The van der Waals surface area contributed by atoms with Crippen LogP contribution in [0.15, 0.2) is 11.9 Å². The highest BCUT2D eigenvalue weighted by Gasteiger charge is 2.02. The largest absolute Gasteiger partial charge is 0.393 e. The molecular weight excluding hydrogens is 138 g/mol. The molecule has 0 aliphatic heterocycles. The van der Waals surface area contributed by atoms with Gasteiger partial charge in [0.25, 0.3) is 0 Å². The second-order valence-electron chi connectivity index (χ2n) is 2.17. The molecule has 0 aliphatic rings. The van der Waals surface area contributed by atoms with Crippen LogP contribution in [0.25, 0.3) is 0 Å². The Balaban J connectivity index is 4.11. The number of likely N-dealkylation sites (N-methyl/N-ethyl adjacent to an activating group) is 1. The summed E-state index contributed by atoms with van der Waals surface area (Å²) < 4.78 is 0. The van der Waals surface area contributed by atoms with E-state index in [2.05, 4.69) is 22.0 Å². The fourth-order valence-electron chi connectivity index (χ4n) is 0.664. The van der Waals surface area contributed by atoms with E-state index in [0.717, 1.165) is 5.70 Å². The van der Waals surface area contributed by atoms with Crippen LogP contribution in [0.3, 0.4) is 0 Å². The third-order valence-corrected chi connectivity index (χ3v) is 1.42.